The van der Waals surface area contributed by atoms with Gasteiger partial charge in [0.1, 0.15) is 6.07 Å². The van der Waals surface area contributed by atoms with E-state index in [1.54, 1.807) is 31.2 Å². The molecule has 2 aromatic carbocycles. The van der Waals surface area contributed by atoms with Crippen molar-refractivity contribution in [1.29, 1.82) is 5.26 Å². The number of carbonyl (C=O) groups excluding carboxylic acids is 2. The van der Waals surface area contributed by atoms with Crippen LogP contribution in [0.25, 0.3) is 10.9 Å². The van der Waals surface area contributed by atoms with Crippen molar-refractivity contribution in [3.8, 4) is 6.07 Å². The zero-order valence-electron chi connectivity index (χ0n) is 20.7. The van der Waals surface area contributed by atoms with E-state index >= 15 is 0 Å². The number of hydrogen-bond donors (Lipinski definition) is 2. The van der Waals surface area contributed by atoms with Gasteiger partial charge in [0.05, 0.1) is 33.3 Å². The fourth-order valence-corrected chi connectivity index (χ4v) is 4.99. The summed E-state index contributed by atoms with van der Waals surface area (Å²) in [5.74, 6) is -1.93. The van der Waals surface area contributed by atoms with Crippen LogP contribution in [0.4, 0.5) is 11.4 Å². The number of fused-ring (bicyclic) bond motifs is 1. The van der Waals surface area contributed by atoms with Gasteiger partial charge in [-0.05, 0) is 57.3 Å². The second kappa shape index (κ2) is 10.6. The molecule has 0 bridgehead atoms. The van der Waals surface area contributed by atoms with E-state index in [9.17, 15) is 19.2 Å². The van der Waals surface area contributed by atoms with Crippen molar-refractivity contribution >= 4 is 45.7 Å². The average Bonchev–Trinajstić information content (AvgIpc) is 3.27. The maximum atomic E-state index is 13.3. The molecular formula is C26H27ClN6O4. The molecular weight excluding hydrogens is 496 g/mol. The SMILES string of the molecule is CCn1c(=O)c2cc(NC(=O)C3CN(C)CC3C(=O)Nc3ccc(C#N)c(Cl)c3)ccc2n(CC)c1=O. The van der Waals surface area contributed by atoms with E-state index in [4.69, 9.17) is 16.9 Å². The number of aromatic nitrogens is 2. The summed E-state index contributed by atoms with van der Waals surface area (Å²) in [7, 11) is 1.83. The molecule has 2 heterocycles. The first kappa shape index (κ1) is 26.1. The molecule has 11 heteroatoms. The van der Waals surface area contributed by atoms with Gasteiger partial charge in [0, 0.05) is 37.6 Å². The minimum atomic E-state index is -0.633. The van der Waals surface area contributed by atoms with Crippen LogP contribution in [0.1, 0.15) is 19.4 Å². The minimum absolute atomic E-state index is 0.227. The number of amides is 2. The summed E-state index contributed by atoms with van der Waals surface area (Å²) in [6, 6.07) is 11.4. The fraction of sp³-hybridized carbons (Fsp3) is 0.346. The maximum absolute atomic E-state index is 13.3. The highest BCUT2D eigenvalue weighted by atomic mass is 35.5. The van der Waals surface area contributed by atoms with Crippen LogP contribution in [0, 0.1) is 23.2 Å². The molecule has 10 nitrogen and oxygen atoms in total. The lowest BCUT2D eigenvalue weighted by atomic mass is 9.94. The summed E-state index contributed by atoms with van der Waals surface area (Å²) >= 11 is 6.08. The number of rotatable bonds is 6. The standard InChI is InChI=1S/C26H27ClN6O4/c1-4-32-22-9-8-16(10-18(22)25(36)33(5-2)26(32)37)29-23(34)19-13-31(3)14-20(19)24(35)30-17-7-6-15(12-28)21(27)11-17/h6-11,19-20H,4-5,13-14H2,1-3H3,(H,29,34)(H,30,35). The Morgan fingerprint density at radius 2 is 1.54 bits per heavy atom. The molecule has 1 saturated heterocycles. The largest absolute Gasteiger partial charge is 0.331 e. The summed E-state index contributed by atoms with van der Waals surface area (Å²) in [6.07, 6.45) is 0. The zero-order valence-corrected chi connectivity index (χ0v) is 21.5. The van der Waals surface area contributed by atoms with Gasteiger partial charge in [0.15, 0.2) is 0 Å². The molecule has 2 amide bonds. The summed E-state index contributed by atoms with van der Waals surface area (Å²) in [5.41, 5.74) is 0.860. The number of likely N-dealkylation sites (tertiary alicyclic amines) is 1. The summed E-state index contributed by atoms with van der Waals surface area (Å²) in [5, 5.41) is 15.2. The number of hydrogen-bond acceptors (Lipinski definition) is 6. The predicted octanol–water partition coefficient (Wildman–Crippen LogP) is 2.48. The Kier molecular flexibility index (Phi) is 7.47. The van der Waals surface area contributed by atoms with Crippen LogP contribution in [0.3, 0.4) is 0 Å². The van der Waals surface area contributed by atoms with Gasteiger partial charge in [0.25, 0.3) is 5.56 Å². The Bertz CT molecular complexity index is 1550. The second-order valence-corrected chi connectivity index (χ2v) is 9.43. The molecule has 1 aliphatic rings. The van der Waals surface area contributed by atoms with Gasteiger partial charge < -0.3 is 15.5 Å². The van der Waals surface area contributed by atoms with E-state index < -0.39 is 17.4 Å². The van der Waals surface area contributed by atoms with Crippen LogP contribution >= 0.6 is 11.6 Å². The first-order chi connectivity index (χ1) is 17.7. The number of halogens is 1. The topological polar surface area (TPSA) is 129 Å². The molecule has 1 aromatic heterocycles. The third-order valence-electron chi connectivity index (χ3n) is 6.66. The van der Waals surface area contributed by atoms with Crippen molar-refractivity contribution in [3.05, 3.63) is 67.8 Å². The second-order valence-electron chi connectivity index (χ2n) is 9.03. The number of nitriles is 1. The van der Waals surface area contributed by atoms with Gasteiger partial charge in [-0.25, -0.2) is 4.79 Å². The van der Waals surface area contributed by atoms with Crippen LogP contribution in [-0.4, -0.2) is 46.0 Å². The van der Waals surface area contributed by atoms with Crippen LogP contribution in [0.2, 0.25) is 5.02 Å². The van der Waals surface area contributed by atoms with E-state index in [0.29, 0.717) is 47.5 Å². The van der Waals surface area contributed by atoms with E-state index in [0.717, 1.165) is 0 Å². The van der Waals surface area contributed by atoms with Crippen LogP contribution in [-0.2, 0) is 22.7 Å². The van der Waals surface area contributed by atoms with Gasteiger partial charge in [-0.2, -0.15) is 5.26 Å². The Hall–Kier alpha value is -3.94. The van der Waals surface area contributed by atoms with Gasteiger partial charge >= 0.3 is 5.69 Å². The molecule has 4 rings (SSSR count). The first-order valence-electron chi connectivity index (χ1n) is 12.0. The molecule has 1 fully saturated rings. The van der Waals surface area contributed by atoms with Gasteiger partial charge in [-0.15, -0.1) is 0 Å². The average molecular weight is 523 g/mol. The molecule has 37 heavy (non-hydrogen) atoms. The summed E-state index contributed by atoms with van der Waals surface area (Å²) < 4.78 is 2.69. The first-order valence-corrected chi connectivity index (χ1v) is 12.3. The van der Waals surface area contributed by atoms with Crippen LogP contribution in [0.15, 0.2) is 46.0 Å². The van der Waals surface area contributed by atoms with Gasteiger partial charge in [0.2, 0.25) is 11.8 Å². The molecule has 0 radical (unpaired) electrons. The number of benzene rings is 2. The lowest BCUT2D eigenvalue weighted by Gasteiger charge is -2.18. The smallest absolute Gasteiger partial charge is 0.326 e. The van der Waals surface area contributed by atoms with Gasteiger partial charge in [-0.3, -0.25) is 23.5 Å². The van der Waals surface area contributed by atoms with Crippen molar-refractivity contribution in [3.63, 3.8) is 0 Å². The van der Waals surface area contributed by atoms with E-state index in [1.807, 2.05) is 24.9 Å². The van der Waals surface area contributed by atoms with Crippen LogP contribution in [0.5, 0.6) is 0 Å². The van der Waals surface area contributed by atoms with Crippen molar-refractivity contribution in [1.82, 2.24) is 14.0 Å². The molecule has 0 aliphatic carbocycles. The number of nitrogens with one attached hydrogen (secondary N) is 2. The Balaban J connectivity index is 1.57. The number of nitrogens with zero attached hydrogens (tertiary/aromatic N) is 4. The maximum Gasteiger partial charge on any atom is 0.331 e. The van der Waals surface area contributed by atoms with Crippen molar-refractivity contribution in [2.24, 2.45) is 11.8 Å². The Morgan fingerprint density at radius 3 is 2.08 bits per heavy atom. The highest BCUT2D eigenvalue weighted by Crippen LogP contribution is 2.27. The molecule has 3 aromatic rings. The number of anilines is 2. The van der Waals surface area contributed by atoms with Crippen molar-refractivity contribution < 1.29 is 9.59 Å². The number of carbonyl (C=O) groups is 2. The molecule has 192 valence electrons. The normalized spacial score (nSPS) is 17.5. The summed E-state index contributed by atoms with van der Waals surface area (Å²) in [6.45, 7) is 4.96. The van der Waals surface area contributed by atoms with E-state index in [-0.39, 0.29) is 29.1 Å². The molecule has 2 N–H and O–H groups in total. The fourth-order valence-electron chi connectivity index (χ4n) is 4.77. The molecule has 2 unspecified atom stereocenters. The number of aryl methyl sites for hydroxylation is 1. The monoisotopic (exact) mass is 522 g/mol. The minimum Gasteiger partial charge on any atom is -0.326 e. The zero-order chi connectivity index (χ0) is 26.9. The van der Waals surface area contributed by atoms with Crippen LogP contribution < -0.4 is 21.9 Å². The summed E-state index contributed by atoms with van der Waals surface area (Å²) in [4.78, 5) is 53.8. The molecule has 0 saturated carbocycles. The Labute approximate surface area is 218 Å². The lowest BCUT2D eigenvalue weighted by molar-refractivity contribution is -0.127. The lowest BCUT2D eigenvalue weighted by Crippen LogP contribution is -2.39. The molecule has 2 atom stereocenters. The highest BCUT2D eigenvalue weighted by molar-refractivity contribution is 6.32. The van der Waals surface area contributed by atoms with E-state index in [1.165, 1.54) is 21.3 Å². The molecule has 0 spiro atoms. The Morgan fingerprint density at radius 1 is 0.973 bits per heavy atom. The van der Waals surface area contributed by atoms with Crippen molar-refractivity contribution in [2.45, 2.75) is 26.9 Å². The third-order valence-corrected chi connectivity index (χ3v) is 6.97. The van der Waals surface area contributed by atoms with Gasteiger partial charge in [-0.1, -0.05) is 11.6 Å². The third kappa shape index (κ3) is 5.01. The van der Waals surface area contributed by atoms with Crippen molar-refractivity contribution in [2.75, 3.05) is 30.8 Å². The predicted molar refractivity (Wildman–Crippen MR) is 142 cm³/mol. The quantitative estimate of drug-likeness (QED) is 0.511. The van der Waals surface area contributed by atoms with E-state index in [2.05, 4.69) is 10.6 Å². The molecule has 1 aliphatic heterocycles. The highest BCUT2D eigenvalue weighted by Gasteiger charge is 2.40.